The SMILES string of the molecule is COc1nc(Cl)nc(Nc2ccc3cc(Br)ccc3c2)n1. The summed E-state index contributed by atoms with van der Waals surface area (Å²) < 4.78 is 6.01. The van der Waals surface area contributed by atoms with Crippen molar-refractivity contribution in [2.24, 2.45) is 0 Å². The molecule has 1 aromatic heterocycles. The number of nitrogens with one attached hydrogen (secondary N) is 1. The summed E-state index contributed by atoms with van der Waals surface area (Å²) in [6.07, 6.45) is 0. The number of halogens is 2. The number of rotatable bonds is 3. The average Bonchev–Trinajstić information content (AvgIpc) is 2.47. The molecule has 1 heterocycles. The van der Waals surface area contributed by atoms with Crippen molar-refractivity contribution in [3.63, 3.8) is 0 Å². The molecule has 0 aliphatic rings. The van der Waals surface area contributed by atoms with Gasteiger partial charge in [0.15, 0.2) is 0 Å². The van der Waals surface area contributed by atoms with Crippen LogP contribution in [0, 0.1) is 0 Å². The highest BCUT2D eigenvalue weighted by Crippen LogP contribution is 2.24. The van der Waals surface area contributed by atoms with Gasteiger partial charge < -0.3 is 10.1 Å². The van der Waals surface area contributed by atoms with E-state index in [2.05, 4.69) is 42.3 Å². The van der Waals surface area contributed by atoms with Crippen molar-refractivity contribution in [3.05, 3.63) is 46.2 Å². The highest BCUT2D eigenvalue weighted by Gasteiger charge is 2.06. The van der Waals surface area contributed by atoms with Crippen molar-refractivity contribution in [3.8, 4) is 6.01 Å². The van der Waals surface area contributed by atoms with Crippen molar-refractivity contribution in [2.45, 2.75) is 0 Å². The zero-order chi connectivity index (χ0) is 14.8. The fourth-order valence-electron chi connectivity index (χ4n) is 1.90. The highest BCUT2D eigenvalue weighted by molar-refractivity contribution is 9.10. The van der Waals surface area contributed by atoms with E-state index in [4.69, 9.17) is 16.3 Å². The lowest BCUT2D eigenvalue weighted by Gasteiger charge is -2.07. The summed E-state index contributed by atoms with van der Waals surface area (Å²) in [5.74, 6) is 0.336. The second kappa shape index (κ2) is 5.83. The lowest BCUT2D eigenvalue weighted by Crippen LogP contribution is -2.01. The lowest BCUT2D eigenvalue weighted by molar-refractivity contribution is 0.379. The van der Waals surface area contributed by atoms with Gasteiger partial charge in [0.25, 0.3) is 0 Å². The summed E-state index contributed by atoms with van der Waals surface area (Å²) in [6, 6.07) is 12.2. The lowest BCUT2D eigenvalue weighted by atomic mass is 10.1. The Morgan fingerprint density at radius 3 is 2.62 bits per heavy atom. The summed E-state index contributed by atoms with van der Waals surface area (Å²) >= 11 is 9.28. The van der Waals surface area contributed by atoms with E-state index >= 15 is 0 Å². The van der Waals surface area contributed by atoms with Crippen LogP contribution in [0.4, 0.5) is 11.6 Å². The second-order valence-corrected chi connectivity index (χ2v) is 5.50. The molecule has 0 saturated carbocycles. The van der Waals surface area contributed by atoms with Crippen molar-refractivity contribution in [1.82, 2.24) is 15.0 Å². The summed E-state index contributed by atoms with van der Waals surface area (Å²) in [6.45, 7) is 0. The molecule has 7 heteroatoms. The number of hydrogen-bond donors (Lipinski definition) is 1. The minimum Gasteiger partial charge on any atom is -0.467 e. The summed E-state index contributed by atoms with van der Waals surface area (Å²) in [4.78, 5) is 11.9. The van der Waals surface area contributed by atoms with Crippen LogP contribution in [-0.2, 0) is 0 Å². The minimum absolute atomic E-state index is 0.0778. The molecule has 0 atom stereocenters. The van der Waals surface area contributed by atoms with Crippen molar-refractivity contribution >= 4 is 49.9 Å². The molecular weight excluding hydrogens is 356 g/mol. The molecule has 21 heavy (non-hydrogen) atoms. The quantitative estimate of drug-likeness (QED) is 0.754. The number of fused-ring (bicyclic) bond motifs is 1. The average molecular weight is 366 g/mol. The smallest absolute Gasteiger partial charge is 0.322 e. The van der Waals surface area contributed by atoms with E-state index < -0.39 is 0 Å². The molecule has 3 rings (SSSR count). The molecule has 3 aromatic rings. The van der Waals surface area contributed by atoms with Crippen LogP contribution >= 0.6 is 27.5 Å². The normalized spacial score (nSPS) is 10.6. The molecule has 1 N–H and O–H groups in total. The fourth-order valence-corrected chi connectivity index (χ4v) is 2.43. The third-order valence-electron chi connectivity index (χ3n) is 2.83. The van der Waals surface area contributed by atoms with Crippen LogP contribution in [0.2, 0.25) is 5.28 Å². The minimum atomic E-state index is 0.0778. The number of ether oxygens (including phenoxy) is 1. The van der Waals surface area contributed by atoms with E-state index in [1.165, 1.54) is 7.11 Å². The predicted octanol–water partition coefficient (Wildman–Crippen LogP) is 4.19. The van der Waals surface area contributed by atoms with E-state index in [0.717, 1.165) is 20.9 Å². The van der Waals surface area contributed by atoms with Gasteiger partial charge in [0.05, 0.1) is 7.11 Å². The van der Waals surface area contributed by atoms with Crippen molar-refractivity contribution in [2.75, 3.05) is 12.4 Å². The van der Waals surface area contributed by atoms with Gasteiger partial charge in [0, 0.05) is 10.2 Å². The van der Waals surface area contributed by atoms with E-state index in [1.807, 2.05) is 30.3 Å². The molecule has 0 unspecified atom stereocenters. The molecule has 0 aliphatic heterocycles. The van der Waals surface area contributed by atoms with Gasteiger partial charge >= 0.3 is 6.01 Å². The number of benzene rings is 2. The number of methoxy groups -OCH3 is 1. The maximum Gasteiger partial charge on any atom is 0.322 e. The summed E-state index contributed by atoms with van der Waals surface area (Å²) in [5, 5.41) is 5.41. The van der Waals surface area contributed by atoms with Crippen LogP contribution in [0.5, 0.6) is 6.01 Å². The summed E-state index contributed by atoms with van der Waals surface area (Å²) in [7, 11) is 1.48. The van der Waals surface area contributed by atoms with Crippen LogP contribution in [0.1, 0.15) is 0 Å². The van der Waals surface area contributed by atoms with E-state index in [9.17, 15) is 0 Å². The van der Waals surface area contributed by atoms with E-state index in [1.54, 1.807) is 0 Å². The molecule has 0 radical (unpaired) electrons. The maximum absolute atomic E-state index is 5.82. The van der Waals surface area contributed by atoms with Gasteiger partial charge in [-0.15, -0.1) is 0 Å². The van der Waals surface area contributed by atoms with Gasteiger partial charge in [-0.2, -0.15) is 15.0 Å². The Labute approximate surface area is 134 Å². The molecule has 0 amide bonds. The van der Waals surface area contributed by atoms with E-state index in [0.29, 0.717) is 5.95 Å². The first kappa shape index (κ1) is 14.0. The number of anilines is 2. The van der Waals surface area contributed by atoms with Crippen LogP contribution in [0.15, 0.2) is 40.9 Å². The topological polar surface area (TPSA) is 59.9 Å². The number of aromatic nitrogens is 3. The Morgan fingerprint density at radius 2 is 1.81 bits per heavy atom. The summed E-state index contributed by atoms with van der Waals surface area (Å²) in [5.41, 5.74) is 0.856. The first-order valence-electron chi connectivity index (χ1n) is 6.06. The molecule has 106 valence electrons. The zero-order valence-electron chi connectivity index (χ0n) is 11.0. The van der Waals surface area contributed by atoms with Crippen molar-refractivity contribution < 1.29 is 4.74 Å². The van der Waals surface area contributed by atoms with E-state index in [-0.39, 0.29) is 11.3 Å². The Hall–Kier alpha value is -1.92. The molecule has 0 saturated heterocycles. The standard InChI is InChI=1S/C14H10BrClN4O/c1-21-14-19-12(16)18-13(20-14)17-11-5-3-8-6-10(15)4-2-9(8)7-11/h2-7H,1H3,(H,17,18,19,20). The molecule has 0 fully saturated rings. The third kappa shape index (κ3) is 3.22. The highest BCUT2D eigenvalue weighted by atomic mass is 79.9. The second-order valence-electron chi connectivity index (χ2n) is 4.25. The Balaban J connectivity index is 1.94. The largest absolute Gasteiger partial charge is 0.467 e. The molecule has 0 aliphatic carbocycles. The van der Waals surface area contributed by atoms with Crippen LogP contribution in [0.3, 0.4) is 0 Å². The first-order valence-corrected chi connectivity index (χ1v) is 7.23. The first-order chi connectivity index (χ1) is 10.1. The van der Waals surface area contributed by atoms with Crippen LogP contribution in [0.25, 0.3) is 10.8 Å². The number of hydrogen-bond acceptors (Lipinski definition) is 5. The Morgan fingerprint density at radius 1 is 1.05 bits per heavy atom. The molecule has 0 bridgehead atoms. The zero-order valence-corrected chi connectivity index (χ0v) is 13.3. The van der Waals surface area contributed by atoms with Crippen molar-refractivity contribution in [1.29, 1.82) is 0 Å². The van der Waals surface area contributed by atoms with Gasteiger partial charge in [0.2, 0.25) is 11.2 Å². The van der Waals surface area contributed by atoms with Gasteiger partial charge in [0.1, 0.15) is 0 Å². The van der Waals surface area contributed by atoms with Gasteiger partial charge in [-0.3, -0.25) is 0 Å². The Bertz CT molecular complexity index is 812. The van der Waals surface area contributed by atoms with Gasteiger partial charge in [-0.25, -0.2) is 0 Å². The monoisotopic (exact) mass is 364 g/mol. The van der Waals surface area contributed by atoms with Crippen LogP contribution in [-0.4, -0.2) is 22.1 Å². The number of nitrogens with zero attached hydrogens (tertiary/aromatic N) is 3. The Kier molecular flexibility index (Phi) is 3.90. The predicted molar refractivity (Wildman–Crippen MR) is 86.3 cm³/mol. The van der Waals surface area contributed by atoms with Gasteiger partial charge in [-0.05, 0) is 46.6 Å². The molecular formula is C14H10BrClN4O. The molecule has 2 aromatic carbocycles. The fraction of sp³-hybridized carbons (Fsp3) is 0.0714. The van der Waals surface area contributed by atoms with Crippen LogP contribution < -0.4 is 10.1 Å². The van der Waals surface area contributed by atoms with Gasteiger partial charge in [-0.1, -0.05) is 28.1 Å². The molecule has 0 spiro atoms. The third-order valence-corrected chi connectivity index (χ3v) is 3.49. The molecule has 5 nitrogen and oxygen atoms in total. The maximum atomic E-state index is 5.82.